The molecule has 2 unspecified atom stereocenters. The molecule has 15 nitrogen and oxygen atoms in total. The Morgan fingerprint density at radius 2 is 1.22 bits per heavy atom. The summed E-state index contributed by atoms with van der Waals surface area (Å²) < 4.78 is 16.0. The van der Waals surface area contributed by atoms with Gasteiger partial charge in [0.15, 0.2) is 0 Å². The zero-order chi connectivity index (χ0) is 43.1. The van der Waals surface area contributed by atoms with Gasteiger partial charge < -0.3 is 44.6 Å². The highest BCUT2D eigenvalue weighted by Gasteiger charge is 2.31. The average Bonchev–Trinajstić information content (AvgIpc) is 3.93. The molecule has 3 heterocycles. The molecule has 2 atom stereocenters. The smallest absolute Gasteiger partial charge is 0.407 e. The first-order valence-electron chi connectivity index (χ1n) is 20.5. The van der Waals surface area contributed by atoms with Crippen molar-refractivity contribution in [3.63, 3.8) is 0 Å². The van der Waals surface area contributed by atoms with Gasteiger partial charge in [-0.3, -0.25) is 9.59 Å². The predicted octanol–water partition coefficient (Wildman–Crippen LogP) is 7.42. The maximum atomic E-state index is 13.5. The number of ether oxygens (including phenoxy) is 3. The van der Waals surface area contributed by atoms with E-state index in [9.17, 15) is 19.2 Å². The van der Waals surface area contributed by atoms with Crippen LogP contribution >= 0.6 is 0 Å². The Morgan fingerprint density at radius 1 is 0.717 bits per heavy atom. The summed E-state index contributed by atoms with van der Waals surface area (Å²) >= 11 is 0. The van der Waals surface area contributed by atoms with Gasteiger partial charge in [0.25, 0.3) is 0 Å². The Bertz CT molecular complexity index is 2330. The van der Waals surface area contributed by atoms with Crippen molar-refractivity contribution in [2.45, 2.75) is 86.2 Å². The molecular weight excluding hydrogens is 765 g/mol. The van der Waals surface area contributed by atoms with Crippen LogP contribution in [-0.2, 0) is 38.8 Å². The summed E-state index contributed by atoms with van der Waals surface area (Å²) in [5, 5.41) is 7.37. The third-order valence-corrected chi connectivity index (χ3v) is 10.7. The summed E-state index contributed by atoms with van der Waals surface area (Å²) in [5.41, 5.74) is 6.68. The standard InChI is InChI=1S/C45H56N8O7/c1-9-17-52(42(54)39(26(3)4)50-44(56)58-7)23-37-46-21-35(48-37)29-13-15-33-28(19-29)11-16-34-32-14-12-30(20-31(32)25-60-41(33)34)36-22-47-38(49-36)24-53(18-10-2)43(55)40(27(5)6)51-45(57)59-8/h11-16,19-22,26-27,39-40H,9-10,17-18,23-25H2,1-8H3,(H,46,48)(H,47,49)(H,50,56)(H,51,57). The van der Waals surface area contributed by atoms with Crippen LogP contribution in [0.3, 0.4) is 0 Å². The van der Waals surface area contributed by atoms with Crippen LogP contribution in [-0.4, -0.2) is 93.1 Å². The third kappa shape index (κ3) is 9.56. The van der Waals surface area contributed by atoms with Crippen molar-refractivity contribution in [3.8, 4) is 39.4 Å². The van der Waals surface area contributed by atoms with Gasteiger partial charge in [-0.25, -0.2) is 19.6 Å². The number of rotatable bonds is 16. The van der Waals surface area contributed by atoms with Crippen LogP contribution in [0.5, 0.6) is 5.75 Å². The number of carbonyl (C=O) groups is 4. The minimum atomic E-state index is -0.721. The Hall–Kier alpha value is -6.38. The van der Waals surface area contributed by atoms with Crippen molar-refractivity contribution in [2.24, 2.45) is 11.8 Å². The van der Waals surface area contributed by atoms with Crippen molar-refractivity contribution in [2.75, 3.05) is 27.3 Å². The molecule has 1 aliphatic rings. The monoisotopic (exact) mass is 820 g/mol. The molecule has 60 heavy (non-hydrogen) atoms. The number of imidazole rings is 2. The molecule has 6 rings (SSSR count). The first-order chi connectivity index (χ1) is 28.8. The van der Waals surface area contributed by atoms with Crippen molar-refractivity contribution < 1.29 is 33.4 Å². The molecular formula is C45H56N8O7. The number of fused-ring (bicyclic) bond motifs is 5. The third-order valence-electron chi connectivity index (χ3n) is 10.7. The largest absolute Gasteiger partial charge is 0.488 e. The minimum Gasteiger partial charge on any atom is -0.488 e. The lowest BCUT2D eigenvalue weighted by Gasteiger charge is -2.28. The summed E-state index contributed by atoms with van der Waals surface area (Å²) in [6.07, 6.45) is 3.76. The lowest BCUT2D eigenvalue weighted by molar-refractivity contribution is -0.135. The maximum absolute atomic E-state index is 13.5. The van der Waals surface area contributed by atoms with Crippen LogP contribution < -0.4 is 15.4 Å². The number of alkyl carbamates (subject to hydrolysis) is 2. The first kappa shape index (κ1) is 43.2. The number of amides is 4. The average molecular weight is 821 g/mol. The molecule has 4 N–H and O–H groups in total. The highest BCUT2D eigenvalue weighted by molar-refractivity contribution is 5.98. The Labute approximate surface area is 350 Å². The van der Waals surface area contributed by atoms with E-state index in [-0.39, 0.29) is 36.7 Å². The molecule has 1 aliphatic heterocycles. The Balaban J connectivity index is 1.17. The van der Waals surface area contributed by atoms with Gasteiger partial charge in [0.05, 0.1) is 51.1 Å². The lowest BCUT2D eigenvalue weighted by atomic mass is 9.92. The number of hydrogen-bond donors (Lipinski definition) is 4. The molecule has 0 saturated heterocycles. The van der Waals surface area contributed by atoms with Gasteiger partial charge in [-0.15, -0.1) is 0 Å². The van der Waals surface area contributed by atoms with Gasteiger partial charge >= 0.3 is 12.2 Å². The molecule has 4 amide bonds. The first-order valence-corrected chi connectivity index (χ1v) is 20.5. The molecule has 3 aromatic carbocycles. The van der Waals surface area contributed by atoms with E-state index >= 15 is 0 Å². The van der Waals surface area contributed by atoms with Gasteiger partial charge in [0.1, 0.15) is 36.1 Å². The molecule has 0 fully saturated rings. The highest BCUT2D eigenvalue weighted by Crippen LogP contribution is 2.44. The molecule has 0 aliphatic carbocycles. The van der Waals surface area contributed by atoms with Gasteiger partial charge in [-0.05, 0) is 65.0 Å². The molecule has 0 radical (unpaired) electrons. The van der Waals surface area contributed by atoms with E-state index in [1.165, 1.54) is 14.2 Å². The topological polar surface area (TPSA) is 184 Å². The highest BCUT2D eigenvalue weighted by atomic mass is 16.5. The number of nitrogens with one attached hydrogen (secondary N) is 4. The van der Waals surface area contributed by atoms with Gasteiger partial charge in [-0.2, -0.15) is 0 Å². The molecule has 2 aromatic heterocycles. The molecule has 5 aromatic rings. The van der Waals surface area contributed by atoms with E-state index in [0.29, 0.717) is 31.3 Å². The van der Waals surface area contributed by atoms with Crippen molar-refractivity contribution in [1.29, 1.82) is 0 Å². The summed E-state index contributed by atoms with van der Waals surface area (Å²) in [4.78, 5) is 70.5. The van der Waals surface area contributed by atoms with Crippen molar-refractivity contribution >= 4 is 34.8 Å². The predicted molar refractivity (Wildman–Crippen MR) is 229 cm³/mol. The summed E-state index contributed by atoms with van der Waals surface area (Å²) in [7, 11) is 2.56. The quantitative estimate of drug-likeness (QED) is 0.0787. The lowest BCUT2D eigenvalue weighted by Crippen LogP contribution is -2.51. The number of aromatic nitrogens is 4. The van der Waals surface area contributed by atoms with Gasteiger partial charge in [0, 0.05) is 29.6 Å². The summed E-state index contributed by atoms with van der Waals surface area (Å²) in [5.74, 6) is 1.47. The van der Waals surface area contributed by atoms with Crippen LogP contribution in [0.2, 0.25) is 0 Å². The zero-order valence-electron chi connectivity index (χ0n) is 35.7. The van der Waals surface area contributed by atoms with Crippen LogP contribution in [0.15, 0.2) is 60.9 Å². The molecule has 0 bridgehead atoms. The normalized spacial score (nSPS) is 12.9. The van der Waals surface area contributed by atoms with Crippen molar-refractivity contribution in [3.05, 3.63) is 78.1 Å². The van der Waals surface area contributed by atoms with Crippen molar-refractivity contribution in [1.82, 2.24) is 40.4 Å². The summed E-state index contributed by atoms with van der Waals surface area (Å²) in [6.45, 7) is 13.5. The molecule has 15 heteroatoms. The zero-order valence-corrected chi connectivity index (χ0v) is 35.7. The number of benzene rings is 3. The molecule has 318 valence electrons. The van der Waals surface area contributed by atoms with E-state index in [4.69, 9.17) is 14.2 Å². The van der Waals surface area contributed by atoms with E-state index in [1.54, 1.807) is 22.2 Å². The fourth-order valence-electron chi connectivity index (χ4n) is 7.54. The molecule has 0 saturated carbocycles. The fraction of sp³-hybridized carbons (Fsp3) is 0.422. The second-order valence-corrected chi connectivity index (χ2v) is 15.8. The minimum absolute atomic E-state index is 0.130. The van der Waals surface area contributed by atoms with Crippen LogP contribution in [0, 0.1) is 11.8 Å². The number of nitrogens with zero attached hydrogens (tertiary/aromatic N) is 4. The van der Waals surface area contributed by atoms with Crippen LogP contribution in [0.1, 0.15) is 71.6 Å². The molecule has 0 spiro atoms. The summed E-state index contributed by atoms with van der Waals surface area (Å²) in [6, 6.07) is 15.2. The van der Waals surface area contributed by atoms with E-state index < -0.39 is 24.3 Å². The number of carbonyl (C=O) groups excluding carboxylic acids is 4. The maximum Gasteiger partial charge on any atom is 0.407 e. The van der Waals surface area contributed by atoms with Gasteiger partial charge in [0.2, 0.25) is 11.8 Å². The number of aromatic amines is 2. The second-order valence-electron chi connectivity index (χ2n) is 15.8. The van der Waals surface area contributed by atoms with E-state index in [2.05, 4.69) is 73.0 Å². The van der Waals surface area contributed by atoms with Crippen LogP contribution in [0.25, 0.3) is 44.4 Å². The Kier molecular flexibility index (Phi) is 13.8. The van der Waals surface area contributed by atoms with E-state index in [1.807, 2.05) is 47.6 Å². The number of methoxy groups -OCH3 is 2. The van der Waals surface area contributed by atoms with E-state index in [0.717, 1.165) is 68.6 Å². The Morgan fingerprint density at radius 3 is 1.72 bits per heavy atom. The number of H-pyrrole nitrogens is 2. The van der Waals surface area contributed by atoms with Gasteiger partial charge in [-0.1, -0.05) is 71.9 Å². The fourth-order valence-corrected chi connectivity index (χ4v) is 7.54. The van der Waals surface area contributed by atoms with Crippen LogP contribution in [0.4, 0.5) is 9.59 Å². The number of hydrogen-bond acceptors (Lipinski definition) is 9. The second kappa shape index (κ2) is 19.1. The SMILES string of the molecule is CCCN(Cc1ncc(-c2ccc3c(c2)COc2c-3ccc3cc(-c4cnc(CN(CCC)C(=O)C(NC(=O)OC)C(C)C)[nH]4)ccc23)[nH]1)C(=O)C(NC(=O)OC)C(C)C.